The van der Waals surface area contributed by atoms with Gasteiger partial charge in [0.05, 0.1) is 10.9 Å². The second-order valence-corrected chi connectivity index (χ2v) is 4.23. The van der Waals surface area contributed by atoms with E-state index in [1.807, 2.05) is 0 Å². The molecule has 5 heteroatoms. The van der Waals surface area contributed by atoms with Gasteiger partial charge in [0.1, 0.15) is 5.58 Å². The van der Waals surface area contributed by atoms with Crippen molar-refractivity contribution in [3.05, 3.63) is 64.4 Å². The van der Waals surface area contributed by atoms with Gasteiger partial charge in [-0.05, 0) is 24.3 Å². The van der Waals surface area contributed by atoms with Crippen molar-refractivity contribution in [2.24, 2.45) is 5.73 Å². The van der Waals surface area contributed by atoms with E-state index in [0.717, 1.165) is 0 Å². The van der Waals surface area contributed by atoms with Gasteiger partial charge in [-0.1, -0.05) is 24.3 Å². The van der Waals surface area contributed by atoms with Crippen LogP contribution >= 0.6 is 0 Å². The number of rotatable bonds is 2. The number of fused-ring (bicyclic) bond motifs is 1. The van der Waals surface area contributed by atoms with E-state index in [1.165, 1.54) is 0 Å². The van der Waals surface area contributed by atoms with Crippen molar-refractivity contribution < 1.29 is 9.21 Å². The van der Waals surface area contributed by atoms with Gasteiger partial charge in [0.25, 0.3) is 5.56 Å². The van der Waals surface area contributed by atoms with E-state index < -0.39 is 11.5 Å². The first kappa shape index (κ1) is 12.1. The second kappa shape index (κ2) is 4.62. The first-order valence-electron chi connectivity index (χ1n) is 5.96. The summed E-state index contributed by atoms with van der Waals surface area (Å²) in [6.45, 7) is 0. The first-order chi connectivity index (χ1) is 9.66. The zero-order valence-corrected chi connectivity index (χ0v) is 10.4. The Hall–Kier alpha value is -2.95. The lowest BCUT2D eigenvalue weighted by atomic mass is 10.1. The van der Waals surface area contributed by atoms with Crippen LogP contribution in [0, 0.1) is 0 Å². The van der Waals surface area contributed by atoms with Crippen molar-refractivity contribution in [1.29, 1.82) is 0 Å². The minimum Gasteiger partial charge on any atom is -0.437 e. The molecule has 0 spiro atoms. The van der Waals surface area contributed by atoms with Gasteiger partial charge in [-0.25, -0.2) is 0 Å². The molecule has 0 saturated heterocycles. The number of primary amides is 1. The van der Waals surface area contributed by atoms with Crippen LogP contribution in [0.1, 0.15) is 10.4 Å². The molecule has 0 aliphatic rings. The summed E-state index contributed by atoms with van der Waals surface area (Å²) in [6, 6.07) is 13.4. The molecular weight excluding hydrogens is 256 g/mol. The second-order valence-electron chi connectivity index (χ2n) is 4.23. The molecule has 2 N–H and O–H groups in total. The maximum Gasteiger partial charge on any atom is 0.284 e. The van der Waals surface area contributed by atoms with Gasteiger partial charge < -0.3 is 10.2 Å². The lowest BCUT2D eigenvalue weighted by Gasteiger charge is -2.05. The Labute approximate surface area is 113 Å². The highest BCUT2D eigenvalue weighted by Crippen LogP contribution is 2.23. The average molecular weight is 266 g/mol. The maximum absolute atomic E-state index is 12.0. The molecule has 0 atom stereocenters. The fourth-order valence-electron chi connectivity index (χ4n) is 2.01. The van der Waals surface area contributed by atoms with Gasteiger partial charge in [-0.2, -0.15) is 4.98 Å². The van der Waals surface area contributed by atoms with Crippen LogP contribution < -0.4 is 11.3 Å². The first-order valence-corrected chi connectivity index (χ1v) is 5.96. The summed E-state index contributed by atoms with van der Waals surface area (Å²) >= 11 is 0. The molecular formula is C15H10N2O3. The number of nitrogens with zero attached hydrogens (tertiary/aromatic N) is 1. The monoisotopic (exact) mass is 266 g/mol. The van der Waals surface area contributed by atoms with E-state index in [1.54, 1.807) is 48.5 Å². The Morgan fingerprint density at radius 2 is 1.75 bits per heavy atom. The van der Waals surface area contributed by atoms with Crippen LogP contribution in [0.15, 0.2) is 57.7 Å². The van der Waals surface area contributed by atoms with E-state index in [4.69, 9.17) is 10.2 Å². The van der Waals surface area contributed by atoms with Gasteiger partial charge in [0.2, 0.25) is 11.8 Å². The molecule has 5 nitrogen and oxygen atoms in total. The summed E-state index contributed by atoms with van der Waals surface area (Å²) in [7, 11) is 0. The minimum atomic E-state index is -0.599. The molecule has 1 amide bonds. The van der Waals surface area contributed by atoms with Crippen LogP contribution in [0.5, 0.6) is 0 Å². The summed E-state index contributed by atoms with van der Waals surface area (Å²) in [6.07, 6.45) is 0. The quantitative estimate of drug-likeness (QED) is 0.768. The number of para-hydroxylation sites is 1. The van der Waals surface area contributed by atoms with Crippen molar-refractivity contribution in [3.63, 3.8) is 0 Å². The standard InChI is InChI=1S/C15H10N2O3/c16-13(18)9-5-1-2-6-10(9)15-17-14(19)11-7-3-4-8-12(11)20-15/h1-8H,(H2,16,18). The summed E-state index contributed by atoms with van der Waals surface area (Å²) in [5, 5.41) is 0.396. The fraction of sp³-hybridized carbons (Fsp3) is 0. The van der Waals surface area contributed by atoms with Crippen LogP contribution in [0.2, 0.25) is 0 Å². The van der Waals surface area contributed by atoms with Gasteiger partial charge in [0.15, 0.2) is 0 Å². The molecule has 0 aliphatic heterocycles. The molecule has 0 aliphatic carbocycles. The summed E-state index contributed by atoms with van der Waals surface area (Å²) < 4.78 is 5.60. The summed E-state index contributed by atoms with van der Waals surface area (Å²) in [4.78, 5) is 27.3. The Kier molecular flexibility index (Phi) is 2.80. The maximum atomic E-state index is 12.0. The van der Waals surface area contributed by atoms with Gasteiger partial charge >= 0.3 is 0 Å². The predicted molar refractivity (Wildman–Crippen MR) is 74.2 cm³/mol. The van der Waals surface area contributed by atoms with Crippen LogP contribution in [-0.4, -0.2) is 10.9 Å². The largest absolute Gasteiger partial charge is 0.437 e. The van der Waals surface area contributed by atoms with Crippen LogP contribution in [0.4, 0.5) is 0 Å². The molecule has 2 aromatic carbocycles. The number of nitrogens with two attached hydrogens (primary N) is 1. The van der Waals surface area contributed by atoms with E-state index in [0.29, 0.717) is 16.5 Å². The van der Waals surface area contributed by atoms with E-state index in [2.05, 4.69) is 4.98 Å². The third-order valence-corrected chi connectivity index (χ3v) is 2.95. The van der Waals surface area contributed by atoms with Crippen molar-refractivity contribution in [1.82, 2.24) is 4.98 Å². The lowest BCUT2D eigenvalue weighted by Crippen LogP contribution is -2.14. The van der Waals surface area contributed by atoms with Crippen LogP contribution in [0.3, 0.4) is 0 Å². The number of benzene rings is 2. The van der Waals surface area contributed by atoms with Crippen LogP contribution in [0.25, 0.3) is 22.4 Å². The molecule has 20 heavy (non-hydrogen) atoms. The van der Waals surface area contributed by atoms with Crippen molar-refractivity contribution >= 4 is 16.9 Å². The molecule has 1 heterocycles. The van der Waals surface area contributed by atoms with Gasteiger partial charge in [-0.15, -0.1) is 0 Å². The number of hydrogen-bond acceptors (Lipinski definition) is 4. The zero-order chi connectivity index (χ0) is 14.1. The predicted octanol–water partition coefficient (Wildman–Crippen LogP) is 1.95. The molecule has 0 saturated carbocycles. The Bertz CT molecular complexity index is 868. The Balaban J connectivity index is 2.31. The van der Waals surface area contributed by atoms with Gasteiger partial charge in [0, 0.05) is 5.56 Å². The van der Waals surface area contributed by atoms with Gasteiger partial charge in [-0.3, -0.25) is 9.59 Å². The molecule has 0 radical (unpaired) electrons. The smallest absolute Gasteiger partial charge is 0.284 e. The highest BCUT2D eigenvalue weighted by atomic mass is 16.3. The molecule has 0 fully saturated rings. The highest BCUT2D eigenvalue weighted by Gasteiger charge is 2.14. The third kappa shape index (κ3) is 1.95. The highest BCUT2D eigenvalue weighted by molar-refractivity contribution is 5.99. The molecule has 1 aromatic heterocycles. The fourth-order valence-corrected chi connectivity index (χ4v) is 2.01. The molecule has 3 aromatic rings. The number of carbonyl (C=O) groups excluding carboxylic acids is 1. The van der Waals surface area contributed by atoms with Crippen molar-refractivity contribution in [2.75, 3.05) is 0 Å². The minimum absolute atomic E-state index is 0.0862. The zero-order valence-electron chi connectivity index (χ0n) is 10.4. The molecule has 0 unspecified atom stereocenters. The topological polar surface area (TPSA) is 86.2 Å². The van der Waals surface area contributed by atoms with Crippen LogP contribution in [-0.2, 0) is 0 Å². The number of aromatic nitrogens is 1. The Morgan fingerprint density at radius 1 is 1.05 bits per heavy atom. The number of amides is 1. The van der Waals surface area contributed by atoms with Crippen molar-refractivity contribution in [2.45, 2.75) is 0 Å². The normalized spacial score (nSPS) is 10.6. The Morgan fingerprint density at radius 3 is 2.55 bits per heavy atom. The number of carbonyl (C=O) groups is 1. The van der Waals surface area contributed by atoms with E-state index in [-0.39, 0.29) is 11.5 Å². The van der Waals surface area contributed by atoms with E-state index >= 15 is 0 Å². The average Bonchev–Trinajstić information content (AvgIpc) is 2.47. The molecule has 0 bridgehead atoms. The summed E-state index contributed by atoms with van der Waals surface area (Å²) in [5.74, 6) is -0.513. The van der Waals surface area contributed by atoms with Crippen molar-refractivity contribution in [3.8, 4) is 11.5 Å². The SMILES string of the molecule is NC(=O)c1ccccc1-c1nc(=O)c2ccccc2o1. The van der Waals surface area contributed by atoms with E-state index in [9.17, 15) is 9.59 Å². The molecule has 98 valence electrons. The number of hydrogen-bond donors (Lipinski definition) is 1. The summed E-state index contributed by atoms with van der Waals surface area (Å²) in [5.41, 5.74) is 6.00. The lowest BCUT2D eigenvalue weighted by molar-refractivity contribution is 0.100. The molecule has 3 rings (SSSR count). The third-order valence-electron chi connectivity index (χ3n) is 2.95.